The van der Waals surface area contributed by atoms with Crippen LogP contribution < -0.4 is 5.56 Å². The number of carbonyl (C=O) groups is 1. The number of nitrogens with zero attached hydrogens (tertiary/aromatic N) is 2. The van der Waals surface area contributed by atoms with E-state index in [1.807, 2.05) is 73.7 Å². The van der Waals surface area contributed by atoms with Gasteiger partial charge in [0.25, 0.3) is 5.56 Å². The maximum atomic E-state index is 13.4. The van der Waals surface area contributed by atoms with Gasteiger partial charge in [-0.15, -0.1) is 0 Å². The predicted octanol–water partition coefficient (Wildman–Crippen LogP) is 5.47. The normalized spacial score (nSPS) is 11.5. The summed E-state index contributed by atoms with van der Waals surface area (Å²) in [5.41, 5.74) is 3.08. The molecule has 35 heavy (non-hydrogen) atoms. The Morgan fingerprint density at radius 2 is 1.66 bits per heavy atom. The molecule has 0 aliphatic heterocycles. The van der Waals surface area contributed by atoms with E-state index >= 15 is 0 Å². The number of amides is 1. The zero-order valence-electron chi connectivity index (χ0n) is 19.4. The Labute approximate surface area is 202 Å². The monoisotopic (exact) mass is 463 g/mol. The van der Waals surface area contributed by atoms with Crippen molar-refractivity contribution in [1.82, 2.24) is 14.9 Å². The summed E-state index contributed by atoms with van der Waals surface area (Å²) in [6.45, 7) is 2.58. The molecule has 5 rings (SSSR count). The smallest absolute Gasteiger partial charge is 0.258 e. The van der Waals surface area contributed by atoms with Gasteiger partial charge in [-0.2, -0.15) is 0 Å². The molecule has 0 spiro atoms. The number of aromatic amines is 1. The van der Waals surface area contributed by atoms with Crippen molar-refractivity contribution in [3.63, 3.8) is 0 Å². The third-order valence-corrected chi connectivity index (χ3v) is 5.95. The van der Waals surface area contributed by atoms with Gasteiger partial charge in [0.05, 0.1) is 17.4 Å². The molecule has 2 aromatic heterocycles. The first-order chi connectivity index (χ1) is 17.1. The van der Waals surface area contributed by atoms with Crippen LogP contribution in [0, 0.1) is 0 Å². The minimum atomic E-state index is -0.217. The third kappa shape index (κ3) is 4.77. The number of rotatable bonds is 7. The summed E-state index contributed by atoms with van der Waals surface area (Å²) in [5.74, 6) is 1.09. The maximum absolute atomic E-state index is 13.4. The lowest BCUT2D eigenvalue weighted by molar-refractivity contribution is -0.127. The van der Waals surface area contributed by atoms with Gasteiger partial charge in [0.15, 0.2) is 0 Å². The van der Waals surface area contributed by atoms with Crippen LogP contribution in [0.1, 0.15) is 29.6 Å². The van der Waals surface area contributed by atoms with E-state index < -0.39 is 0 Å². The molecule has 3 aromatic carbocycles. The van der Waals surface area contributed by atoms with Gasteiger partial charge in [0.2, 0.25) is 5.91 Å². The van der Waals surface area contributed by atoms with Crippen LogP contribution >= 0.6 is 0 Å². The molecule has 0 aliphatic carbocycles. The first-order valence-corrected chi connectivity index (χ1v) is 11.6. The quantitative estimate of drug-likeness (QED) is 0.325. The van der Waals surface area contributed by atoms with E-state index in [0.29, 0.717) is 23.3 Å². The van der Waals surface area contributed by atoms with Crippen LogP contribution in [0.15, 0.2) is 94.2 Å². The van der Waals surface area contributed by atoms with Gasteiger partial charge >= 0.3 is 0 Å². The molecule has 1 N–H and O–H groups in total. The summed E-state index contributed by atoms with van der Waals surface area (Å²) >= 11 is 0. The Morgan fingerprint density at radius 3 is 2.46 bits per heavy atom. The molecule has 0 aliphatic rings. The minimum absolute atomic E-state index is 0.172. The van der Waals surface area contributed by atoms with Gasteiger partial charge in [0, 0.05) is 30.0 Å². The van der Waals surface area contributed by atoms with E-state index in [2.05, 4.69) is 9.97 Å². The predicted molar refractivity (Wildman–Crippen MR) is 138 cm³/mol. The number of hydrogen-bond donors (Lipinski definition) is 1. The minimum Gasteiger partial charge on any atom is -0.460 e. The zero-order valence-corrected chi connectivity index (χ0v) is 19.4. The number of para-hydroxylation sites is 2. The molecule has 1 amide bonds. The number of hydrogen-bond acceptors (Lipinski definition) is 4. The molecule has 5 aromatic rings. The zero-order chi connectivity index (χ0) is 24.2. The Kier molecular flexibility index (Phi) is 6.26. The van der Waals surface area contributed by atoms with Crippen LogP contribution in [0.4, 0.5) is 0 Å². The van der Waals surface area contributed by atoms with Crippen LogP contribution in [0.3, 0.4) is 0 Å². The molecule has 6 nitrogen and oxygen atoms in total. The molecule has 0 saturated carbocycles. The van der Waals surface area contributed by atoms with Gasteiger partial charge in [-0.3, -0.25) is 9.59 Å². The highest BCUT2D eigenvalue weighted by atomic mass is 16.3. The number of furan rings is 1. The second-order valence-electron chi connectivity index (χ2n) is 8.33. The average Bonchev–Trinajstić information content (AvgIpc) is 3.25. The van der Waals surface area contributed by atoms with Gasteiger partial charge < -0.3 is 14.3 Å². The number of H-pyrrole nitrogens is 1. The lowest BCUT2D eigenvalue weighted by atomic mass is 10.1. The topological polar surface area (TPSA) is 79.2 Å². The molecule has 6 heteroatoms. The van der Waals surface area contributed by atoms with Crippen molar-refractivity contribution in [3.05, 3.63) is 118 Å². The molecule has 0 fully saturated rings. The summed E-state index contributed by atoms with van der Waals surface area (Å²) < 4.78 is 5.96. The van der Waals surface area contributed by atoms with E-state index in [9.17, 15) is 9.59 Å². The summed E-state index contributed by atoms with van der Waals surface area (Å²) in [7, 11) is 0. The van der Waals surface area contributed by atoms with Crippen LogP contribution in [-0.2, 0) is 24.3 Å². The molecule has 174 valence electrons. The standard InChI is InChI=1S/C29H25N3O3/c1-2-25-22(21-12-7-9-15-26(21)35-25)16-17-28(33)32(18-20-10-4-3-5-11-20)19-27-30-24-14-8-6-13-23(24)29(34)31-27/h3-17H,2,18-19H2,1H3,(H,30,31,34)/b17-16+. The number of carbonyl (C=O) groups excluding carboxylic acids is 1. The fourth-order valence-electron chi connectivity index (χ4n) is 4.23. The van der Waals surface area contributed by atoms with Crippen molar-refractivity contribution >= 4 is 33.9 Å². The van der Waals surface area contributed by atoms with E-state index in [1.54, 1.807) is 29.2 Å². The number of aryl methyl sites for hydroxylation is 1. The Morgan fingerprint density at radius 1 is 0.943 bits per heavy atom. The van der Waals surface area contributed by atoms with Crippen molar-refractivity contribution < 1.29 is 9.21 Å². The van der Waals surface area contributed by atoms with Gasteiger partial charge in [0.1, 0.15) is 17.2 Å². The third-order valence-electron chi connectivity index (χ3n) is 5.95. The summed E-state index contributed by atoms with van der Waals surface area (Å²) in [6.07, 6.45) is 4.11. The van der Waals surface area contributed by atoms with E-state index in [4.69, 9.17) is 4.42 Å². The fraction of sp³-hybridized carbons (Fsp3) is 0.138. The summed E-state index contributed by atoms with van der Waals surface area (Å²) in [4.78, 5) is 35.1. The van der Waals surface area contributed by atoms with Gasteiger partial charge in [-0.05, 0) is 29.8 Å². The lowest BCUT2D eigenvalue weighted by Crippen LogP contribution is -2.30. The fourth-order valence-corrected chi connectivity index (χ4v) is 4.23. The van der Waals surface area contributed by atoms with E-state index in [0.717, 1.165) is 34.3 Å². The highest BCUT2D eigenvalue weighted by Gasteiger charge is 2.16. The molecule has 0 saturated heterocycles. The number of fused-ring (bicyclic) bond motifs is 2. The van der Waals surface area contributed by atoms with E-state index in [1.165, 1.54) is 0 Å². The number of benzene rings is 3. The number of nitrogens with one attached hydrogen (secondary N) is 1. The van der Waals surface area contributed by atoms with Gasteiger partial charge in [-0.25, -0.2) is 4.98 Å². The molecule has 2 heterocycles. The molecule has 0 bridgehead atoms. The lowest BCUT2D eigenvalue weighted by Gasteiger charge is -2.21. The van der Waals surface area contributed by atoms with Crippen molar-refractivity contribution in [2.45, 2.75) is 26.4 Å². The Hall–Kier alpha value is -4.45. The van der Waals surface area contributed by atoms with Crippen LogP contribution in [-0.4, -0.2) is 20.8 Å². The maximum Gasteiger partial charge on any atom is 0.258 e. The second kappa shape index (κ2) is 9.81. The Balaban J connectivity index is 1.48. The van der Waals surface area contributed by atoms with Crippen molar-refractivity contribution in [2.24, 2.45) is 0 Å². The number of aromatic nitrogens is 2. The van der Waals surface area contributed by atoms with Crippen molar-refractivity contribution in [3.8, 4) is 0 Å². The van der Waals surface area contributed by atoms with Crippen LogP contribution in [0.2, 0.25) is 0 Å². The summed E-state index contributed by atoms with van der Waals surface area (Å²) in [6, 6.07) is 24.8. The van der Waals surface area contributed by atoms with Crippen molar-refractivity contribution in [2.75, 3.05) is 0 Å². The molecule has 0 unspecified atom stereocenters. The largest absolute Gasteiger partial charge is 0.460 e. The van der Waals surface area contributed by atoms with Crippen molar-refractivity contribution in [1.29, 1.82) is 0 Å². The average molecular weight is 464 g/mol. The summed E-state index contributed by atoms with van der Waals surface area (Å²) in [5, 5.41) is 1.50. The molecule has 0 atom stereocenters. The molecular formula is C29H25N3O3. The van der Waals surface area contributed by atoms with E-state index in [-0.39, 0.29) is 18.0 Å². The highest BCUT2D eigenvalue weighted by molar-refractivity contribution is 5.96. The van der Waals surface area contributed by atoms with Crippen LogP contribution in [0.25, 0.3) is 27.9 Å². The SMILES string of the molecule is CCc1oc2ccccc2c1/C=C/C(=O)N(Cc1ccccc1)Cc1nc2ccccc2c(=O)[nH]1. The molecular weight excluding hydrogens is 438 g/mol. The first kappa shape index (κ1) is 22.3. The highest BCUT2D eigenvalue weighted by Crippen LogP contribution is 2.27. The van der Waals surface area contributed by atoms with Gasteiger partial charge in [-0.1, -0.05) is 67.6 Å². The second-order valence-corrected chi connectivity index (χ2v) is 8.33. The van der Waals surface area contributed by atoms with Crippen LogP contribution in [0.5, 0.6) is 0 Å². The Bertz CT molecular complexity index is 1580. The molecule has 0 radical (unpaired) electrons. The first-order valence-electron chi connectivity index (χ1n) is 11.6.